The normalized spacial score (nSPS) is 35.1. The second kappa shape index (κ2) is 4.94. The van der Waals surface area contributed by atoms with Crippen LogP contribution >= 0.6 is 0 Å². The van der Waals surface area contributed by atoms with Gasteiger partial charge in [0.05, 0.1) is 18.8 Å². The Balaban J connectivity index is 1.60. The third-order valence-electron chi connectivity index (χ3n) is 2.81. The lowest BCUT2D eigenvalue weighted by Gasteiger charge is -2.23. The van der Waals surface area contributed by atoms with Gasteiger partial charge in [-0.2, -0.15) is 0 Å². The highest BCUT2D eigenvalue weighted by Gasteiger charge is 2.19. The number of hydrogen-bond donors (Lipinski definition) is 1. The lowest BCUT2D eigenvalue weighted by atomic mass is 10.1. The van der Waals surface area contributed by atoms with Gasteiger partial charge in [0.1, 0.15) is 0 Å². The molecule has 2 aliphatic heterocycles. The Morgan fingerprint density at radius 2 is 2.31 bits per heavy atom. The highest BCUT2D eigenvalue weighted by atomic mass is 16.5. The van der Waals surface area contributed by atoms with Crippen molar-refractivity contribution in [1.82, 2.24) is 5.32 Å². The van der Waals surface area contributed by atoms with Crippen molar-refractivity contribution in [3.05, 3.63) is 0 Å². The summed E-state index contributed by atoms with van der Waals surface area (Å²) in [5.41, 5.74) is 0. The van der Waals surface area contributed by atoms with E-state index < -0.39 is 0 Å². The topological polar surface area (TPSA) is 30.5 Å². The van der Waals surface area contributed by atoms with Crippen LogP contribution in [-0.2, 0) is 9.47 Å². The fraction of sp³-hybridized carbons (Fsp3) is 1.00. The van der Waals surface area contributed by atoms with E-state index in [-0.39, 0.29) is 0 Å². The maximum Gasteiger partial charge on any atom is 0.0808 e. The van der Waals surface area contributed by atoms with Gasteiger partial charge in [0, 0.05) is 13.2 Å². The summed E-state index contributed by atoms with van der Waals surface area (Å²) in [6.45, 7) is 3.85. The first-order valence-electron chi connectivity index (χ1n) is 5.39. The second-order valence-corrected chi connectivity index (χ2v) is 3.94. The summed E-state index contributed by atoms with van der Waals surface area (Å²) in [5.74, 6) is 0. The summed E-state index contributed by atoms with van der Waals surface area (Å²) in [7, 11) is 0. The molecular weight excluding hydrogens is 166 g/mol. The highest BCUT2D eigenvalue weighted by Crippen LogP contribution is 2.14. The van der Waals surface area contributed by atoms with Crippen LogP contribution in [0.3, 0.4) is 0 Å². The minimum absolute atomic E-state index is 0.370. The van der Waals surface area contributed by atoms with Gasteiger partial charge in [0.25, 0.3) is 0 Å². The van der Waals surface area contributed by atoms with Crippen LogP contribution in [0.25, 0.3) is 0 Å². The number of hydrogen-bond acceptors (Lipinski definition) is 3. The Bertz CT molecular complexity index is 140. The Hall–Kier alpha value is -0.120. The monoisotopic (exact) mass is 185 g/mol. The van der Waals surface area contributed by atoms with Crippen LogP contribution in [-0.4, -0.2) is 38.5 Å². The molecule has 2 atom stereocenters. The summed E-state index contributed by atoms with van der Waals surface area (Å²) >= 11 is 0. The molecule has 0 bridgehead atoms. The van der Waals surface area contributed by atoms with Crippen molar-refractivity contribution in [2.75, 3.05) is 26.3 Å². The van der Waals surface area contributed by atoms with Crippen molar-refractivity contribution < 1.29 is 9.47 Å². The molecule has 0 amide bonds. The molecule has 2 fully saturated rings. The number of nitrogens with one attached hydrogen (secondary N) is 1. The predicted octanol–water partition coefficient (Wildman–Crippen LogP) is 0.934. The van der Waals surface area contributed by atoms with E-state index in [1.165, 1.54) is 19.3 Å². The summed E-state index contributed by atoms with van der Waals surface area (Å²) in [6, 6.07) is 0. The molecule has 0 spiro atoms. The molecule has 2 aliphatic rings. The van der Waals surface area contributed by atoms with E-state index in [1.54, 1.807) is 0 Å². The van der Waals surface area contributed by atoms with E-state index in [9.17, 15) is 0 Å². The Labute approximate surface area is 79.8 Å². The van der Waals surface area contributed by atoms with Crippen LogP contribution < -0.4 is 5.32 Å². The van der Waals surface area contributed by atoms with Crippen molar-refractivity contribution in [1.29, 1.82) is 0 Å². The van der Waals surface area contributed by atoms with Crippen LogP contribution in [0, 0.1) is 0 Å². The van der Waals surface area contributed by atoms with Crippen LogP contribution in [0.4, 0.5) is 0 Å². The van der Waals surface area contributed by atoms with E-state index in [4.69, 9.17) is 9.47 Å². The van der Waals surface area contributed by atoms with E-state index in [2.05, 4.69) is 5.32 Å². The van der Waals surface area contributed by atoms with Crippen molar-refractivity contribution in [2.24, 2.45) is 0 Å². The molecule has 2 saturated heterocycles. The summed E-state index contributed by atoms with van der Waals surface area (Å²) < 4.78 is 11.3. The molecule has 13 heavy (non-hydrogen) atoms. The van der Waals surface area contributed by atoms with Gasteiger partial charge in [-0.1, -0.05) is 0 Å². The molecule has 3 heteroatoms. The fourth-order valence-corrected chi connectivity index (χ4v) is 1.95. The second-order valence-electron chi connectivity index (χ2n) is 3.94. The number of rotatable bonds is 3. The summed E-state index contributed by atoms with van der Waals surface area (Å²) in [4.78, 5) is 0. The van der Waals surface area contributed by atoms with Gasteiger partial charge in [0.2, 0.25) is 0 Å². The van der Waals surface area contributed by atoms with E-state index in [0.717, 1.165) is 32.7 Å². The van der Waals surface area contributed by atoms with Gasteiger partial charge < -0.3 is 14.8 Å². The Kier molecular flexibility index (Phi) is 3.58. The van der Waals surface area contributed by atoms with E-state index in [1.807, 2.05) is 0 Å². The molecule has 0 aromatic carbocycles. The predicted molar refractivity (Wildman–Crippen MR) is 50.8 cm³/mol. The van der Waals surface area contributed by atoms with E-state index in [0.29, 0.717) is 12.2 Å². The zero-order valence-electron chi connectivity index (χ0n) is 8.13. The maximum absolute atomic E-state index is 5.75. The van der Waals surface area contributed by atoms with E-state index >= 15 is 0 Å². The molecular formula is C10H19NO2. The number of ether oxygens (including phenoxy) is 2. The van der Waals surface area contributed by atoms with Gasteiger partial charge in [-0.15, -0.1) is 0 Å². The molecule has 0 saturated carbocycles. The molecule has 0 radical (unpaired) electrons. The van der Waals surface area contributed by atoms with Crippen LogP contribution in [0.2, 0.25) is 0 Å². The van der Waals surface area contributed by atoms with Crippen molar-refractivity contribution in [2.45, 2.75) is 37.9 Å². The van der Waals surface area contributed by atoms with Crippen molar-refractivity contribution >= 4 is 0 Å². The average Bonchev–Trinajstić information content (AvgIpc) is 2.69. The molecule has 2 rings (SSSR count). The highest BCUT2D eigenvalue weighted by molar-refractivity contribution is 4.72. The Morgan fingerprint density at radius 1 is 1.31 bits per heavy atom. The minimum atomic E-state index is 0.370. The van der Waals surface area contributed by atoms with Gasteiger partial charge in [-0.3, -0.25) is 0 Å². The largest absolute Gasteiger partial charge is 0.376 e. The lowest BCUT2D eigenvalue weighted by molar-refractivity contribution is -0.0584. The zero-order valence-corrected chi connectivity index (χ0v) is 8.13. The van der Waals surface area contributed by atoms with Crippen LogP contribution in [0.15, 0.2) is 0 Å². The molecule has 0 aliphatic carbocycles. The first-order chi connectivity index (χ1) is 6.45. The first-order valence-corrected chi connectivity index (χ1v) is 5.39. The van der Waals surface area contributed by atoms with Gasteiger partial charge in [-0.25, -0.2) is 0 Å². The molecule has 3 nitrogen and oxygen atoms in total. The summed E-state index contributed by atoms with van der Waals surface area (Å²) in [5, 5.41) is 3.29. The SMILES string of the molecule is C1CCC(CO[C@@H]2CCNC2)OC1. The molecule has 76 valence electrons. The quantitative estimate of drug-likeness (QED) is 0.709. The zero-order chi connectivity index (χ0) is 8.93. The van der Waals surface area contributed by atoms with Crippen molar-refractivity contribution in [3.8, 4) is 0 Å². The van der Waals surface area contributed by atoms with Crippen LogP contribution in [0.1, 0.15) is 25.7 Å². The Morgan fingerprint density at radius 3 is 3.00 bits per heavy atom. The fourth-order valence-electron chi connectivity index (χ4n) is 1.95. The average molecular weight is 185 g/mol. The van der Waals surface area contributed by atoms with Gasteiger partial charge in [0.15, 0.2) is 0 Å². The maximum atomic E-state index is 5.75. The van der Waals surface area contributed by atoms with Gasteiger partial charge in [-0.05, 0) is 32.2 Å². The molecule has 0 aromatic rings. The molecule has 2 heterocycles. The van der Waals surface area contributed by atoms with Gasteiger partial charge >= 0.3 is 0 Å². The molecule has 1 unspecified atom stereocenters. The molecule has 1 N–H and O–H groups in total. The third-order valence-corrected chi connectivity index (χ3v) is 2.81. The standard InChI is InChI=1S/C10H19NO2/c1-2-6-12-10(3-1)8-13-9-4-5-11-7-9/h9-11H,1-8H2/t9-,10?/m1/s1. The minimum Gasteiger partial charge on any atom is -0.376 e. The first kappa shape index (κ1) is 9.44. The molecule has 0 aromatic heterocycles. The van der Waals surface area contributed by atoms with Crippen molar-refractivity contribution in [3.63, 3.8) is 0 Å². The lowest BCUT2D eigenvalue weighted by Crippen LogP contribution is -2.28. The third kappa shape index (κ3) is 2.93. The smallest absolute Gasteiger partial charge is 0.0808 e. The summed E-state index contributed by atoms with van der Waals surface area (Å²) in [6.07, 6.45) is 5.67. The van der Waals surface area contributed by atoms with Crippen LogP contribution in [0.5, 0.6) is 0 Å².